The predicted octanol–water partition coefficient (Wildman–Crippen LogP) is 3.72. The number of nitrogens with zero attached hydrogens (tertiary/aromatic N) is 1. The highest BCUT2D eigenvalue weighted by atomic mass is 16.3. The summed E-state index contributed by atoms with van der Waals surface area (Å²) in [7, 11) is 0. The summed E-state index contributed by atoms with van der Waals surface area (Å²) >= 11 is 0. The molecule has 0 aromatic rings. The Labute approximate surface area is 137 Å². The van der Waals surface area contributed by atoms with E-state index in [1.54, 1.807) is 0 Å². The van der Waals surface area contributed by atoms with Crippen LogP contribution in [0.15, 0.2) is 11.3 Å². The van der Waals surface area contributed by atoms with E-state index in [0.29, 0.717) is 31.1 Å². The second kappa shape index (κ2) is 5.47. The largest absolute Gasteiger partial charge is 0.504 e. The van der Waals surface area contributed by atoms with Gasteiger partial charge < -0.3 is 9.90 Å². The Balaban J connectivity index is 2.01. The second-order valence-electron chi connectivity index (χ2n) is 8.11. The molecule has 3 aliphatic carbocycles. The van der Waals surface area contributed by atoms with E-state index in [0.717, 1.165) is 37.5 Å². The number of hydrogen-bond donors (Lipinski definition) is 1. The molecule has 3 rings (SSSR count). The summed E-state index contributed by atoms with van der Waals surface area (Å²) in [4.78, 5) is 23.6. The van der Waals surface area contributed by atoms with Crippen LogP contribution < -0.4 is 0 Å². The minimum Gasteiger partial charge on any atom is -0.504 e. The fraction of sp³-hybridized carbons (Fsp3) is 0.737. The van der Waals surface area contributed by atoms with E-state index in [4.69, 9.17) is 0 Å². The lowest BCUT2D eigenvalue weighted by atomic mass is 9.46. The van der Waals surface area contributed by atoms with Crippen LogP contribution in [0.1, 0.15) is 58.8 Å². The summed E-state index contributed by atoms with van der Waals surface area (Å²) in [6.45, 7) is 4.17. The Hall–Kier alpha value is -1.63. The summed E-state index contributed by atoms with van der Waals surface area (Å²) in [5.41, 5.74) is 0.361. The molecule has 0 saturated heterocycles. The number of fused-ring (bicyclic) bond motifs is 3. The van der Waals surface area contributed by atoms with Crippen molar-refractivity contribution in [2.45, 2.75) is 58.8 Å². The topological polar surface area (TPSA) is 78.2 Å². The van der Waals surface area contributed by atoms with Gasteiger partial charge in [0.1, 0.15) is 6.29 Å². The summed E-state index contributed by atoms with van der Waals surface area (Å²) in [6, 6.07) is 2.29. The van der Waals surface area contributed by atoms with Crippen molar-refractivity contribution in [2.24, 2.45) is 28.6 Å². The minimum atomic E-state index is -0.416. The van der Waals surface area contributed by atoms with Gasteiger partial charge in [0.2, 0.25) is 0 Å². The van der Waals surface area contributed by atoms with Crippen molar-refractivity contribution in [2.75, 3.05) is 0 Å². The monoisotopic (exact) mass is 315 g/mol. The standard InChI is InChI=1S/C19H25NO3/c1-18(11-21)8-5-14-12(13(18)7-10-20)3-4-15-17(23)16(22)6-9-19(14,15)2/h11-14,23H,3-9H2,1-2H3/t12-,13?,14-,18+,19+/m0/s1. The first-order valence-electron chi connectivity index (χ1n) is 8.66. The molecule has 4 heteroatoms. The van der Waals surface area contributed by atoms with Gasteiger partial charge in [0.25, 0.3) is 0 Å². The zero-order valence-electron chi connectivity index (χ0n) is 14.0. The van der Waals surface area contributed by atoms with Crippen LogP contribution in [0.4, 0.5) is 0 Å². The van der Waals surface area contributed by atoms with Crippen LogP contribution in [0, 0.1) is 39.9 Å². The van der Waals surface area contributed by atoms with E-state index < -0.39 is 5.41 Å². The first-order valence-corrected chi connectivity index (χ1v) is 8.66. The molecule has 5 atom stereocenters. The second-order valence-corrected chi connectivity index (χ2v) is 8.11. The number of hydrogen-bond acceptors (Lipinski definition) is 4. The Morgan fingerprint density at radius 3 is 2.70 bits per heavy atom. The van der Waals surface area contributed by atoms with Crippen LogP contribution in [0.3, 0.4) is 0 Å². The number of carbonyl (C=O) groups is 2. The molecule has 0 bridgehead atoms. The molecule has 0 heterocycles. The van der Waals surface area contributed by atoms with Crippen LogP contribution in [0.25, 0.3) is 0 Å². The van der Waals surface area contributed by atoms with Crippen LogP contribution in [0.2, 0.25) is 0 Å². The maximum atomic E-state index is 11.9. The highest BCUT2D eigenvalue weighted by Crippen LogP contribution is 2.62. The normalized spacial score (nSPS) is 43.3. The van der Waals surface area contributed by atoms with Gasteiger partial charge in [0.15, 0.2) is 11.5 Å². The summed E-state index contributed by atoms with van der Waals surface area (Å²) in [6.07, 6.45) is 5.96. The van der Waals surface area contributed by atoms with Gasteiger partial charge in [-0.05, 0) is 60.8 Å². The molecule has 0 aromatic carbocycles. The number of Topliss-reactive ketones (excluding diaryl/α,β-unsaturated/α-hetero) is 1. The summed E-state index contributed by atoms with van der Waals surface area (Å²) < 4.78 is 0. The van der Waals surface area contributed by atoms with Crippen molar-refractivity contribution >= 4 is 12.1 Å². The average Bonchev–Trinajstić information content (AvgIpc) is 2.54. The lowest BCUT2D eigenvalue weighted by Crippen LogP contribution is -2.51. The third-order valence-electron chi connectivity index (χ3n) is 7.11. The van der Waals surface area contributed by atoms with Gasteiger partial charge in [-0.2, -0.15) is 5.26 Å². The lowest BCUT2D eigenvalue weighted by molar-refractivity contribution is -0.128. The quantitative estimate of drug-likeness (QED) is 0.788. The summed E-state index contributed by atoms with van der Waals surface area (Å²) in [5.74, 6) is 0.638. The number of carbonyl (C=O) groups excluding carboxylic acids is 2. The molecule has 3 aliphatic rings. The van der Waals surface area contributed by atoms with E-state index in [9.17, 15) is 20.0 Å². The van der Waals surface area contributed by atoms with Crippen molar-refractivity contribution in [1.82, 2.24) is 0 Å². The Bertz CT molecular complexity index is 617. The van der Waals surface area contributed by atoms with Crippen molar-refractivity contribution in [3.05, 3.63) is 11.3 Å². The van der Waals surface area contributed by atoms with E-state index >= 15 is 0 Å². The number of aliphatic hydroxyl groups excluding tert-OH is 1. The van der Waals surface area contributed by atoms with E-state index in [2.05, 4.69) is 13.0 Å². The first-order chi connectivity index (χ1) is 10.9. The van der Waals surface area contributed by atoms with Gasteiger partial charge >= 0.3 is 0 Å². The zero-order chi connectivity index (χ0) is 16.8. The molecular formula is C19H25NO3. The van der Waals surface area contributed by atoms with Crippen molar-refractivity contribution in [3.63, 3.8) is 0 Å². The number of allylic oxidation sites excluding steroid dienone is 2. The van der Waals surface area contributed by atoms with Crippen LogP contribution in [-0.4, -0.2) is 17.2 Å². The van der Waals surface area contributed by atoms with Crippen molar-refractivity contribution in [1.29, 1.82) is 5.26 Å². The van der Waals surface area contributed by atoms with Gasteiger partial charge in [-0.25, -0.2) is 0 Å². The average molecular weight is 315 g/mol. The Kier molecular flexibility index (Phi) is 3.86. The molecular weight excluding hydrogens is 290 g/mol. The molecule has 0 spiro atoms. The molecule has 0 radical (unpaired) electrons. The Morgan fingerprint density at radius 2 is 2.04 bits per heavy atom. The SMILES string of the molecule is C[C@]1(C=O)CC[C@H]2[C@@H](CCC3=C(O)C(=O)CC[C@@]32C)C1CC#N. The maximum Gasteiger partial charge on any atom is 0.197 e. The fourth-order valence-electron chi connectivity index (χ4n) is 5.66. The number of aldehydes is 1. The van der Waals surface area contributed by atoms with Crippen LogP contribution >= 0.6 is 0 Å². The number of aliphatic hydroxyl groups is 1. The molecule has 0 aliphatic heterocycles. The fourth-order valence-corrected chi connectivity index (χ4v) is 5.66. The highest BCUT2D eigenvalue weighted by molar-refractivity contribution is 5.95. The molecule has 0 aromatic heterocycles. The van der Waals surface area contributed by atoms with E-state index in [1.807, 2.05) is 6.92 Å². The molecule has 124 valence electrons. The Morgan fingerprint density at radius 1 is 1.30 bits per heavy atom. The van der Waals surface area contributed by atoms with Gasteiger partial charge in [-0.15, -0.1) is 0 Å². The molecule has 23 heavy (non-hydrogen) atoms. The maximum absolute atomic E-state index is 11.9. The molecule has 1 N–H and O–H groups in total. The number of nitriles is 1. The highest BCUT2D eigenvalue weighted by Gasteiger charge is 2.56. The third-order valence-corrected chi connectivity index (χ3v) is 7.11. The molecule has 2 fully saturated rings. The smallest absolute Gasteiger partial charge is 0.197 e. The first kappa shape index (κ1) is 16.2. The van der Waals surface area contributed by atoms with Crippen molar-refractivity contribution < 1.29 is 14.7 Å². The van der Waals surface area contributed by atoms with E-state index in [-0.39, 0.29) is 22.9 Å². The summed E-state index contributed by atoms with van der Waals surface area (Å²) in [5, 5.41) is 19.5. The minimum absolute atomic E-state index is 0.00208. The lowest BCUT2D eigenvalue weighted by Gasteiger charge is -2.57. The molecule has 0 amide bonds. The predicted molar refractivity (Wildman–Crippen MR) is 85.3 cm³/mol. The zero-order valence-corrected chi connectivity index (χ0v) is 14.0. The molecule has 2 saturated carbocycles. The van der Waals surface area contributed by atoms with Crippen LogP contribution in [-0.2, 0) is 9.59 Å². The number of ketones is 1. The van der Waals surface area contributed by atoms with Crippen molar-refractivity contribution in [3.8, 4) is 6.07 Å². The van der Waals surface area contributed by atoms with Gasteiger partial charge in [-0.3, -0.25) is 4.79 Å². The van der Waals surface area contributed by atoms with Crippen LogP contribution in [0.5, 0.6) is 0 Å². The van der Waals surface area contributed by atoms with Gasteiger partial charge in [0, 0.05) is 18.3 Å². The van der Waals surface area contributed by atoms with Gasteiger partial charge in [-0.1, -0.05) is 13.8 Å². The van der Waals surface area contributed by atoms with Gasteiger partial charge in [0.05, 0.1) is 6.07 Å². The number of rotatable bonds is 2. The molecule has 4 nitrogen and oxygen atoms in total. The third kappa shape index (κ3) is 2.24. The molecule has 1 unspecified atom stereocenters. The van der Waals surface area contributed by atoms with E-state index in [1.165, 1.54) is 0 Å².